The summed E-state index contributed by atoms with van der Waals surface area (Å²) < 4.78 is 5.59. The second-order valence-electron chi connectivity index (χ2n) is 4.95. The second-order valence-corrected chi connectivity index (χ2v) is 4.95. The fourth-order valence-electron chi connectivity index (χ4n) is 1.90. The fraction of sp³-hybridized carbons (Fsp3) is 0.562. The summed E-state index contributed by atoms with van der Waals surface area (Å²) in [6.45, 7) is 6.09. The summed E-state index contributed by atoms with van der Waals surface area (Å²) in [6.07, 6.45) is 4.52. The molecule has 1 aromatic rings. The molecule has 0 aliphatic carbocycles. The molecule has 18 heavy (non-hydrogen) atoms. The molecule has 0 amide bonds. The number of ether oxygens (including phenoxy) is 1. The summed E-state index contributed by atoms with van der Waals surface area (Å²) in [4.78, 5) is 11.4. The van der Waals surface area contributed by atoms with Crippen LogP contribution in [0, 0.1) is 0 Å². The lowest BCUT2D eigenvalue weighted by atomic mass is 10.0. The zero-order valence-corrected chi connectivity index (χ0v) is 11.7. The number of hydrogen-bond donors (Lipinski definition) is 0. The van der Waals surface area contributed by atoms with Gasteiger partial charge in [0.2, 0.25) is 0 Å². The number of carbonyl (C=O) groups excluding carboxylic acids is 1. The van der Waals surface area contributed by atoms with Gasteiger partial charge in [0.15, 0.2) is 0 Å². The van der Waals surface area contributed by atoms with Crippen molar-refractivity contribution < 1.29 is 9.53 Å². The SMILES string of the molecule is CCCC(=O)CCCc1ccc(OC(C)C)cc1. The van der Waals surface area contributed by atoms with Crippen molar-refractivity contribution >= 4 is 5.78 Å². The van der Waals surface area contributed by atoms with Crippen LogP contribution in [0.25, 0.3) is 0 Å². The van der Waals surface area contributed by atoms with Crippen molar-refractivity contribution in [1.82, 2.24) is 0 Å². The average molecular weight is 248 g/mol. The van der Waals surface area contributed by atoms with Crippen LogP contribution in [0.2, 0.25) is 0 Å². The minimum absolute atomic E-state index is 0.211. The third kappa shape index (κ3) is 5.85. The van der Waals surface area contributed by atoms with E-state index in [2.05, 4.69) is 12.1 Å². The van der Waals surface area contributed by atoms with Crippen LogP contribution in [0.4, 0.5) is 0 Å². The van der Waals surface area contributed by atoms with E-state index in [1.54, 1.807) is 0 Å². The molecule has 0 spiro atoms. The zero-order valence-electron chi connectivity index (χ0n) is 11.7. The number of aryl methyl sites for hydroxylation is 1. The highest BCUT2D eigenvalue weighted by atomic mass is 16.5. The molecule has 1 rings (SSSR count). The largest absolute Gasteiger partial charge is 0.491 e. The second kappa shape index (κ2) is 7.91. The maximum atomic E-state index is 11.4. The van der Waals surface area contributed by atoms with Crippen LogP contribution in [-0.2, 0) is 11.2 Å². The summed E-state index contributed by atoms with van der Waals surface area (Å²) in [5, 5.41) is 0. The molecule has 2 nitrogen and oxygen atoms in total. The molecular formula is C16H24O2. The smallest absolute Gasteiger partial charge is 0.132 e. The van der Waals surface area contributed by atoms with Crippen molar-refractivity contribution in [2.75, 3.05) is 0 Å². The van der Waals surface area contributed by atoms with Gasteiger partial charge in [-0.15, -0.1) is 0 Å². The predicted molar refractivity (Wildman–Crippen MR) is 75.1 cm³/mol. The Morgan fingerprint density at radius 2 is 1.83 bits per heavy atom. The van der Waals surface area contributed by atoms with Gasteiger partial charge < -0.3 is 4.74 Å². The van der Waals surface area contributed by atoms with Crippen molar-refractivity contribution in [3.63, 3.8) is 0 Å². The molecule has 2 heteroatoms. The quantitative estimate of drug-likeness (QED) is 0.690. The number of ketones is 1. The van der Waals surface area contributed by atoms with E-state index in [4.69, 9.17) is 4.74 Å². The van der Waals surface area contributed by atoms with Gasteiger partial charge in [0.25, 0.3) is 0 Å². The molecule has 0 saturated heterocycles. The average Bonchev–Trinajstić information content (AvgIpc) is 2.31. The Morgan fingerprint density at radius 1 is 1.17 bits per heavy atom. The number of hydrogen-bond acceptors (Lipinski definition) is 2. The standard InChI is InChI=1S/C16H24O2/c1-4-6-15(17)8-5-7-14-9-11-16(12-10-14)18-13(2)3/h9-13H,4-8H2,1-3H3. The van der Waals surface area contributed by atoms with Crippen molar-refractivity contribution in [2.45, 2.75) is 59.0 Å². The summed E-state index contributed by atoms with van der Waals surface area (Å²) >= 11 is 0. The Kier molecular flexibility index (Phi) is 6.48. The van der Waals surface area contributed by atoms with Crippen molar-refractivity contribution in [1.29, 1.82) is 0 Å². The molecule has 0 N–H and O–H groups in total. The summed E-state index contributed by atoms with van der Waals surface area (Å²) in [7, 11) is 0. The highest BCUT2D eigenvalue weighted by Crippen LogP contribution is 2.15. The molecule has 0 aliphatic heterocycles. The highest BCUT2D eigenvalue weighted by Gasteiger charge is 2.02. The van der Waals surface area contributed by atoms with Crippen molar-refractivity contribution in [3.05, 3.63) is 29.8 Å². The third-order valence-corrected chi connectivity index (χ3v) is 2.75. The van der Waals surface area contributed by atoms with Gasteiger partial charge >= 0.3 is 0 Å². The van der Waals surface area contributed by atoms with Gasteiger partial charge in [-0.3, -0.25) is 4.79 Å². The lowest BCUT2D eigenvalue weighted by Gasteiger charge is -2.10. The Morgan fingerprint density at radius 3 is 2.39 bits per heavy atom. The van der Waals surface area contributed by atoms with E-state index >= 15 is 0 Å². The Bertz CT molecular complexity index is 352. The fourth-order valence-corrected chi connectivity index (χ4v) is 1.90. The van der Waals surface area contributed by atoms with E-state index in [0.717, 1.165) is 31.4 Å². The molecule has 0 heterocycles. The molecule has 100 valence electrons. The first kappa shape index (κ1) is 14.7. The lowest BCUT2D eigenvalue weighted by Crippen LogP contribution is -2.05. The molecule has 1 aromatic carbocycles. The number of Topliss-reactive ketones (excluding diaryl/α,β-unsaturated/α-hetero) is 1. The molecule has 0 bridgehead atoms. The predicted octanol–water partition coefficient (Wildman–Crippen LogP) is 4.17. The van der Waals surface area contributed by atoms with E-state index in [0.29, 0.717) is 12.2 Å². The van der Waals surface area contributed by atoms with Crippen LogP contribution in [-0.4, -0.2) is 11.9 Å². The highest BCUT2D eigenvalue weighted by molar-refractivity contribution is 5.78. The number of benzene rings is 1. The monoisotopic (exact) mass is 248 g/mol. The van der Waals surface area contributed by atoms with Gasteiger partial charge in [0.05, 0.1) is 6.10 Å². The normalized spacial score (nSPS) is 10.7. The molecule has 0 unspecified atom stereocenters. The first-order chi connectivity index (χ1) is 8.61. The van der Waals surface area contributed by atoms with Crippen LogP contribution in [0.3, 0.4) is 0 Å². The van der Waals surface area contributed by atoms with Gasteiger partial charge in [-0.1, -0.05) is 19.1 Å². The van der Waals surface area contributed by atoms with E-state index in [1.165, 1.54) is 5.56 Å². The van der Waals surface area contributed by atoms with E-state index in [9.17, 15) is 4.79 Å². The van der Waals surface area contributed by atoms with Gasteiger partial charge in [-0.05, 0) is 50.8 Å². The molecular weight excluding hydrogens is 224 g/mol. The number of carbonyl (C=O) groups is 1. The van der Waals surface area contributed by atoms with Crippen molar-refractivity contribution in [3.8, 4) is 5.75 Å². The molecule has 0 aromatic heterocycles. The lowest BCUT2D eigenvalue weighted by molar-refractivity contribution is -0.119. The first-order valence-electron chi connectivity index (χ1n) is 6.89. The van der Waals surface area contributed by atoms with Gasteiger partial charge in [0.1, 0.15) is 11.5 Å². The molecule has 0 radical (unpaired) electrons. The maximum Gasteiger partial charge on any atom is 0.132 e. The Hall–Kier alpha value is -1.31. The molecule has 0 fully saturated rings. The Balaban J connectivity index is 2.33. The zero-order chi connectivity index (χ0) is 13.4. The van der Waals surface area contributed by atoms with E-state index < -0.39 is 0 Å². The minimum atomic E-state index is 0.211. The van der Waals surface area contributed by atoms with Crippen LogP contribution >= 0.6 is 0 Å². The third-order valence-electron chi connectivity index (χ3n) is 2.75. The van der Waals surface area contributed by atoms with Crippen LogP contribution in [0.1, 0.15) is 52.0 Å². The van der Waals surface area contributed by atoms with Crippen LogP contribution in [0.15, 0.2) is 24.3 Å². The van der Waals surface area contributed by atoms with Crippen LogP contribution < -0.4 is 4.74 Å². The summed E-state index contributed by atoms with van der Waals surface area (Å²) in [6, 6.07) is 8.18. The van der Waals surface area contributed by atoms with Gasteiger partial charge in [0, 0.05) is 12.8 Å². The molecule has 0 saturated carbocycles. The van der Waals surface area contributed by atoms with E-state index in [1.807, 2.05) is 32.9 Å². The topological polar surface area (TPSA) is 26.3 Å². The van der Waals surface area contributed by atoms with Crippen LogP contribution in [0.5, 0.6) is 5.75 Å². The van der Waals surface area contributed by atoms with E-state index in [-0.39, 0.29) is 6.10 Å². The van der Waals surface area contributed by atoms with Gasteiger partial charge in [-0.25, -0.2) is 0 Å². The minimum Gasteiger partial charge on any atom is -0.491 e. The Labute approximate surface area is 110 Å². The summed E-state index contributed by atoms with van der Waals surface area (Å²) in [5.74, 6) is 1.30. The summed E-state index contributed by atoms with van der Waals surface area (Å²) in [5.41, 5.74) is 1.27. The van der Waals surface area contributed by atoms with Gasteiger partial charge in [-0.2, -0.15) is 0 Å². The number of rotatable bonds is 8. The first-order valence-corrected chi connectivity index (χ1v) is 6.89. The molecule has 0 aliphatic rings. The van der Waals surface area contributed by atoms with Crippen molar-refractivity contribution in [2.24, 2.45) is 0 Å². The molecule has 0 atom stereocenters. The maximum absolute atomic E-state index is 11.4.